The molecule has 0 atom stereocenters. The Morgan fingerprint density at radius 1 is 1.23 bits per heavy atom. The molecule has 1 aromatic carbocycles. The predicted octanol–water partition coefficient (Wildman–Crippen LogP) is 3.75. The Labute approximate surface area is 135 Å². The first-order valence-corrected chi connectivity index (χ1v) is 8.73. The van der Waals surface area contributed by atoms with Crippen LogP contribution >= 0.6 is 11.3 Å². The van der Waals surface area contributed by atoms with Crippen LogP contribution in [0.5, 0.6) is 5.75 Å². The van der Waals surface area contributed by atoms with E-state index in [0.717, 1.165) is 28.7 Å². The minimum absolute atomic E-state index is 0.540. The summed E-state index contributed by atoms with van der Waals surface area (Å²) in [6.07, 6.45) is 4.84. The van der Waals surface area contributed by atoms with Crippen molar-refractivity contribution in [3.8, 4) is 17.0 Å². The molecule has 1 heterocycles. The van der Waals surface area contributed by atoms with Crippen molar-refractivity contribution in [2.24, 2.45) is 11.7 Å². The summed E-state index contributed by atoms with van der Waals surface area (Å²) in [6, 6.07) is 8.57. The summed E-state index contributed by atoms with van der Waals surface area (Å²) in [7, 11) is 1.68. The quantitative estimate of drug-likeness (QED) is 0.882. The molecular weight excluding hydrogens is 294 g/mol. The molecule has 0 unspecified atom stereocenters. The lowest BCUT2D eigenvalue weighted by Gasteiger charge is -2.28. The van der Waals surface area contributed by atoms with Crippen molar-refractivity contribution in [2.45, 2.75) is 31.7 Å². The molecule has 1 aromatic heterocycles. The lowest BCUT2D eigenvalue weighted by Crippen LogP contribution is -2.29. The van der Waals surface area contributed by atoms with Gasteiger partial charge in [0, 0.05) is 17.0 Å². The van der Waals surface area contributed by atoms with Gasteiger partial charge in [-0.2, -0.15) is 0 Å². The zero-order valence-electron chi connectivity index (χ0n) is 12.9. The Kier molecular flexibility index (Phi) is 4.95. The molecule has 22 heavy (non-hydrogen) atoms. The maximum Gasteiger partial charge on any atom is 0.183 e. The standard InChI is InChI=1S/C17H23N3OS/c1-21-15-8-4-13(5-9-15)16-11-22-17(20-16)19-14-6-2-12(10-18)3-7-14/h4-5,8-9,11-12,14H,2-3,6-7,10,18H2,1H3,(H,19,20). The van der Waals surface area contributed by atoms with Gasteiger partial charge in [0.15, 0.2) is 5.13 Å². The Balaban J connectivity index is 1.61. The van der Waals surface area contributed by atoms with E-state index in [9.17, 15) is 0 Å². The van der Waals surface area contributed by atoms with Crippen LogP contribution in [0.15, 0.2) is 29.6 Å². The Hall–Kier alpha value is -1.59. The van der Waals surface area contributed by atoms with E-state index in [1.54, 1.807) is 18.4 Å². The molecule has 0 radical (unpaired) electrons. The fraction of sp³-hybridized carbons (Fsp3) is 0.471. The number of nitrogens with two attached hydrogens (primary N) is 1. The van der Waals surface area contributed by atoms with Gasteiger partial charge in [-0.15, -0.1) is 11.3 Å². The van der Waals surface area contributed by atoms with Crippen molar-refractivity contribution >= 4 is 16.5 Å². The molecule has 3 rings (SSSR count). The number of ether oxygens (including phenoxy) is 1. The normalized spacial score (nSPS) is 21.5. The molecule has 1 saturated carbocycles. The Morgan fingerprint density at radius 3 is 2.59 bits per heavy atom. The number of nitrogens with one attached hydrogen (secondary N) is 1. The van der Waals surface area contributed by atoms with Crippen LogP contribution in [0.3, 0.4) is 0 Å². The number of benzene rings is 1. The topological polar surface area (TPSA) is 60.2 Å². The van der Waals surface area contributed by atoms with Crippen LogP contribution in [0.2, 0.25) is 0 Å². The summed E-state index contributed by atoms with van der Waals surface area (Å²) < 4.78 is 5.19. The highest BCUT2D eigenvalue weighted by Gasteiger charge is 2.20. The Morgan fingerprint density at radius 2 is 1.95 bits per heavy atom. The number of aromatic nitrogens is 1. The van der Waals surface area contributed by atoms with Crippen molar-refractivity contribution in [1.29, 1.82) is 0 Å². The summed E-state index contributed by atoms with van der Waals surface area (Å²) in [5.41, 5.74) is 7.89. The second-order valence-corrected chi connectivity index (χ2v) is 6.72. The van der Waals surface area contributed by atoms with Crippen molar-refractivity contribution in [1.82, 2.24) is 4.98 Å². The molecule has 0 spiro atoms. The van der Waals surface area contributed by atoms with E-state index in [1.807, 2.05) is 24.3 Å². The van der Waals surface area contributed by atoms with Gasteiger partial charge in [0.05, 0.1) is 12.8 Å². The summed E-state index contributed by atoms with van der Waals surface area (Å²) in [6.45, 7) is 0.825. The van der Waals surface area contributed by atoms with Crippen LogP contribution in [0.4, 0.5) is 5.13 Å². The third-order valence-electron chi connectivity index (χ3n) is 4.40. The molecule has 0 bridgehead atoms. The van der Waals surface area contributed by atoms with Crippen LogP contribution in [-0.2, 0) is 0 Å². The molecule has 1 aliphatic rings. The van der Waals surface area contributed by atoms with Crippen molar-refractivity contribution in [3.63, 3.8) is 0 Å². The highest BCUT2D eigenvalue weighted by Crippen LogP contribution is 2.30. The van der Waals surface area contributed by atoms with E-state index in [2.05, 4.69) is 10.7 Å². The van der Waals surface area contributed by atoms with Gasteiger partial charge in [0.1, 0.15) is 5.75 Å². The van der Waals surface area contributed by atoms with Gasteiger partial charge < -0.3 is 15.8 Å². The third-order valence-corrected chi connectivity index (χ3v) is 5.17. The van der Waals surface area contributed by atoms with Crippen molar-refractivity contribution in [3.05, 3.63) is 29.6 Å². The molecule has 2 aromatic rings. The van der Waals surface area contributed by atoms with Gasteiger partial charge in [-0.25, -0.2) is 4.98 Å². The molecule has 0 amide bonds. The first-order valence-electron chi connectivity index (χ1n) is 7.85. The number of thiazole rings is 1. The number of anilines is 1. The lowest BCUT2D eigenvalue weighted by molar-refractivity contribution is 0.345. The molecule has 5 heteroatoms. The van der Waals surface area contributed by atoms with Crippen LogP contribution in [0.1, 0.15) is 25.7 Å². The number of hydrogen-bond acceptors (Lipinski definition) is 5. The summed E-state index contributed by atoms with van der Waals surface area (Å²) in [5, 5.41) is 6.70. The van der Waals surface area contributed by atoms with E-state index < -0.39 is 0 Å². The van der Waals surface area contributed by atoms with Gasteiger partial charge in [-0.05, 0) is 62.4 Å². The van der Waals surface area contributed by atoms with Crippen LogP contribution < -0.4 is 15.8 Å². The minimum Gasteiger partial charge on any atom is -0.497 e. The highest BCUT2D eigenvalue weighted by atomic mass is 32.1. The van der Waals surface area contributed by atoms with Crippen molar-refractivity contribution in [2.75, 3.05) is 19.0 Å². The zero-order valence-corrected chi connectivity index (χ0v) is 13.7. The summed E-state index contributed by atoms with van der Waals surface area (Å²) in [4.78, 5) is 4.71. The molecule has 0 aliphatic heterocycles. The predicted molar refractivity (Wildman–Crippen MR) is 92.5 cm³/mol. The zero-order chi connectivity index (χ0) is 15.4. The summed E-state index contributed by atoms with van der Waals surface area (Å²) >= 11 is 1.68. The fourth-order valence-electron chi connectivity index (χ4n) is 2.95. The minimum atomic E-state index is 0.540. The molecule has 3 N–H and O–H groups in total. The van der Waals surface area contributed by atoms with E-state index in [0.29, 0.717) is 12.0 Å². The first kappa shape index (κ1) is 15.3. The Bertz CT molecular complexity index is 588. The van der Waals surface area contributed by atoms with Gasteiger partial charge in [-0.1, -0.05) is 0 Å². The number of rotatable bonds is 5. The maximum absolute atomic E-state index is 5.75. The second-order valence-electron chi connectivity index (χ2n) is 5.86. The summed E-state index contributed by atoms with van der Waals surface area (Å²) in [5.74, 6) is 1.58. The number of methoxy groups -OCH3 is 1. The van der Waals surface area contributed by atoms with Crippen molar-refractivity contribution < 1.29 is 4.74 Å². The molecule has 1 aliphatic carbocycles. The van der Waals surface area contributed by atoms with E-state index >= 15 is 0 Å². The van der Waals surface area contributed by atoms with Gasteiger partial charge >= 0.3 is 0 Å². The average molecular weight is 317 g/mol. The third kappa shape index (κ3) is 3.59. The average Bonchev–Trinajstić information content (AvgIpc) is 3.04. The number of nitrogens with zero attached hydrogens (tertiary/aromatic N) is 1. The molecular formula is C17H23N3OS. The number of hydrogen-bond donors (Lipinski definition) is 2. The smallest absolute Gasteiger partial charge is 0.183 e. The SMILES string of the molecule is COc1ccc(-c2csc(NC3CCC(CN)CC3)n2)cc1. The van der Waals surface area contributed by atoms with Gasteiger partial charge in [0.25, 0.3) is 0 Å². The van der Waals surface area contributed by atoms with Crippen LogP contribution in [0.25, 0.3) is 11.3 Å². The van der Waals surface area contributed by atoms with E-state index in [-0.39, 0.29) is 0 Å². The highest BCUT2D eigenvalue weighted by molar-refractivity contribution is 7.14. The van der Waals surface area contributed by atoms with Crippen LogP contribution in [-0.4, -0.2) is 24.7 Å². The molecule has 1 fully saturated rings. The van der Waals surface area contributed by atoms with Gasteiger partial charge in [-0.3, -0.25) is 0 Å². The lowest BCUT2D eigenvalue weighted by atomic mass is 9.86. The molecule has 118 valence electrons. The monoisotopic (exact) mass is 317 g/mol. The fourth-order valence-corrected chi connectivity index (χ4v) is 3.75. The maximum atomic E-state index is 5.75. The molecule has 0 saturated heterocycles. The van der Waals surface area contributed by atoms with E-state index in [4.69, 9.17) is 15.5 Å². The van der Waals surface area contributed by atoms with Gasteiger partial charge in [0.2, 0.25) is 0 Å². The first-order chi connectivity index (χ1) is 10.8. The van der Waals surface area contributed by atoms with Crippen LogP contribution in [0, 0.1) is 5.92 Å². The van der Waals surface area contributed by atoms with E-state index in [1.165, 1.54) is 25.7 Å². The second kappa shape index (κ2) is 7.11. The molecule has 4 nitrogen and oxygen atoms in total. The largest absolute Gasteiger partial charge is 0.497 e.